The fourth-order valence-electron chi connectivity index (χ4n) is 9.26. The molecular weight excluding hydrogens is 691 g/mol. The smallest absolute Gasteiger partial charge is 0.143 e. The van der Waals surface area contributed by atoms with Crippen molar-refractivity contribution in [2.75, 3.05) is 4.90 Å². The first-order chi connectivity index (χ1) is 28.0. The zero-order valence-electron chi connectivity index (χ0n) is 31.9. The second-order valence-electron chi connectivity index (χ2n) is 15.7. The fraction of sp³-hybridized carbons (Fsp3) is 0.0545. The van der Waals surface area contributed by atoms with Crippen LogP contribution in [0.5, 0.6) is 0 Å². The standard InChI is InChI=1S/C55H39NO/c1-55(2)49-22-12-11-20-46(49)47-33-32-43(35-50(47)55)56(41-28-24-37(25-29-41)36-14-5-3-6-15-36)42-30-26-38(27-31-42)44-21-13-23-51-53(44)48-34-40-18-9-10-19-45(40)52(54(48)57-51)39-16-7-4-8-17-39/h3-35H,1-2H3. The van der Waals surface area contributed by atoms with Crippen molar-refractivity contribution < 1.29 is 4.42 Å². The Morgan fingerprint density at radius 2 is 0.982 bits per heavy atom. The topological polar surface area (TPSA) is 16.4 Å². The number of benzene rings is 9. The summed E-state index contributed by atoms with van der Waals surface area (Å²) in [6.07, 6.45) is 0. The Morgan fingerprint density at radius 1 is 0.404 bits per heavy atom. The van der Waals surface area contributed by atoms with Crippen LogP contribution in [0.15, 0.2) is 205 Å². The van der Waals surface area contributed by atoms with Crippen molar-refractivity contribution in [1.82, 2.24) is 0 Å². The molecule has 2 heteroatoms. The van der Waals surface area contributed by atoms with E-state index in [1.54, 1.807) is 0 Å². The summed E-state index contributed by atoms with van der Waals surface area (Å²) < 4.78 is 6.80. The van der Waals surface area contributed by atoms with Crippen LogP contribution in [0.4, 0.5) is 17.1 Å². The number of fused-ring (bicyclic) bond motifs is 7. The molecule has 11 rings (SSSR count). The lowest BCUT2D eigenvalue weighted by Crippen LogP contribution is -2.16. The van der Waals surface area contributed by atoms with Gasteiger partial charge in [0.2, 0.25) is 0 Å². The van der Waals surface area contributed by atoms with E-state index in [1.165, 1.54) is 44.2 Å². The molecule has 1 aromatic heterocycles. The van der Waals surface area contributed by atoms with Crippen molar-refractivity contribution in [3.05, 3.63) is 211 Å². The molecule has 0 radical (unpaired) electrons. The largest absolute Gasteiger partial charge is 0.455 e. The van der Waals surface area contributed by atoms with E-state index in [2.05, 4.69) is 219 Å². The predicted molar refractivity (Wildman–Crippen MR) is 240 cm³/mol. The van der Waals surface area contributed by atoms with Gasteiger partial charge in [0.05, 0.1) is 0 Å². The SMILES string of the molecule is CC1(C)c2ccccc2-c2ccc(N(c3ccc(-c4ccccc4)cc3)c3ccc(-c4cccc5oc6c(-c7ccccc7)c7ccccc7cc6c45)cc3)cc21. The van der Waals surface area contributed by atoms with Crippen molar-refractivity contribution in [2.24, 2.45) is 0 Å². The second-order valence-corrected chi connectivity index (χ2v) is 15.7. The van der Waals surface area contributed by atoms with Gasteiger partial charge in [0, 0.05) is 38.8 Å². The van der Waals surface area contributed by atoms with Crippen LogP contribution in [-0.2, 0) is 5.41 Å². The summed E-state index contributed by atoms with van der Waals surface area (Å²) in [7, 11) is 0. The Kier molecular flexibility index (Phi) is 7.55. The van der Waals surface area contributed by atoms with Crippen molar-refractivity contribution in [3.63, 3.8) is 0 Å². The number of anilines is 3. The van der Waals surface area contributed by atoms with Crippen LogP contribution in [0.25, 0.3) is 77.2 Å². The summed E-state index contributed by atoms with van der Waals surface area (Å²) in [6, 6.07) is 72.4. The van der Waals surface area contributed by atoms with Gasteiger partial charge in [-0.3, -0.25) is 0 Å². The van der Waals surface area contributed by atoms with Crippen molar-refractivity contribution >= 4 is 49.8 Å². The van der Waals surface area contributed by atoms with Crippen molar-refractivity contribution in [2.45, 2.75) is 19.3 Å². The highest BCUT2D eigenvalue weighted by molar-refractivity contribution is 6.21. The molecule has 0 N–H and O–H groups in total. The third-order valence-corrected chi connectivity index (χ3v) is 12.1. The summed E-state index contributed by atoms with van der Waals surface area (Å²) in [4.78, 5) is 2.39. The molecule has 0 unspecified atom stereocenters. The maximum atomic E-state index is 6.80. The summed E-state index contributed by atoms with van der Waals surface area (Å²) in [5.41, 5.74) is 17.4. The molecule has 57 heavy (non-hydrogen) atoms. The van der Waals surface area contributed by atoms with Crippen molar-refractivity contribution in [1.29, 1.82) is 0 Å². The minimum atomic E-state index is -0.105. The van der Waals surface area contributed by atoms with Crippen LogP contribution < -0.4 is 4.90 Å². The van der Waals surface area contributed by atoms with Crippen LogP contribution in [-0.4, -0.2) is 0 Å². The van der Waals surface area contributed by atoms with E-state index >= 15 is 0 Å². The molecule has 0 fully saturated rings. The first-order valence-electron chi connectivity index (χ1n) is 19.8. The molecule has 9 aromatic carbocycles. The maximum Gasteiger partial charge on any atom is 0.143 e. The lowest BCUT2D eigenvalue weighted by molar-refractivity contribution is 0.660. The number of rotatable bonds is 6. The Labute approximate surface area is 332 Å². The molecule has 1 aliphatic rings. The quantitative estimate of drug-likeness (QED) is 0.169. The maximum absolute atomic E-state index is 6.80. The van der Waals surface area contributed by atoms with Crippen LogP contribution in [0.1, 0.15) is 25.0 Å². The number of furan rings is 1. The summed E-state index contributed by atoms with van der Waals surface area (Å²) in [5, 5.41) is 4.66. The summed E-state index contributed by atoms with van der Waals surface area (Å²) in [6.45, 7) is 4.70. The first-order valence-corrected chi connectivity index (χ1v) is 19.8. The van der Waals surface area contributed by atoms with Gasteiger partial charge >= 0.3 is 0 Å². The van der Waals surface area contributed by atoms with Gasteiger partial charge in [0.15, 0.2) is 0 Å². The van der Waals surface area contributed by atoms with Gasteiger partial charge in [0.25, 0.3) is 0 Å². The van der Waals surface area contributed by atoms with Gasteiger partial charge in [-0.05, 0) is 109 Å². The normalized spacial score (nSPS) is 12.9. The van der Waals surface area contributed by atoms with Crippen LogP contribution in [0, 0.1) is 0 Å². The van der Waals surface area contributed by atoms with Gasteiger partial charge in [0.1, 0.15) is 11.2 Å². The Morgan fingerprint density at radius 3 is 1.74 bits per heavy atom. The highest BCUT2D eigenvalue weighted by Gasteiger charge is 2.35. The van der Waals surface area contributed by atoms with E-state index < -0.39 is 0 Å². The minimum Gasteiger partial charge on any atom is -0.455 e. The van der Waals surface area contributed by atoms with E-state index in [0.29, 0.717) is 0 Å². The molecule has 0 spiro atoms. The third-order valence-electron chi connectivity index (χ3n) is 12.1. The average Bonchev–Trinajstić information content (AvgIpc) is 3.75. The summed E-state index contributed by atoms with van der Waals surface area (Å²) >= 11 is 0. The number of hydrogen-bond donors (Lipinski definition) is 0. The van der Waals surface area contributed by atoms with Crippen LogP contribution in [0.2, 0.25) is 0 Å². The molecule has 0 aliphatic heterocycles. The van der Waals surface area contributed by atoms with Gasteiger partial charge in [-0.15, -0.1) is 0 Å². The third kappa shape index (κ3) is 5.33. The highest BCUT2D eigenvalue weighted by Crippen LogP contribution is 2.51. The van der Waals surface area contributed by atoms with E-state index in [4.69, 9.17) is 4.42 Å². The van der Waals surface area contributed by atoms with Gasteiger partial charge < -0.3 is 9.32 Å². The molecule has 1 aliphatic carbocycles. The zero-order valence-corrected chi connectivity index (χ0v) is 31.9. The molecule has 0 atom stereocenters. The Balaban J connectivity index is 1.05. The second kappa shape index (κ2) is 13.0. The predicted octanol–water partition coefficient (Wildman–Crippen LogP) is 15.5. The minimum absolute atomic E-state index is 0.105. The zero-order chi connectivity index (χ0) is 38.1. The molecule has 2 nitrogen and oxygen atoms in total. The Hall–Kier alpha value is -7.16. The fourth-order valence-corrected chi connectivity index (χ4v) is 9.26. The molecule has 0 saturated heterocycles. The van der Waals surface area contributed by atoms with Crippen LogP contribution in [0.3, 0.4) is 0 Å². The molecule has 0 bridgehead atoms. The monoisotopic (exact) mass is 729 g/mol. The first kappa shape index (κ1) is 33.2. The van der Waals surface area contributed by atoms with Crippen LogP contribution >= 0.6 is 0 Å². The van der Waals surface area contributed by atoms with E-state index in [0.717, 1.165) is 61.3 Å². The van der Waals surface area contributed by atoms with E-state index in [9.17, 15) is 0 Å². The Bertz CT molecular complexity index is 3120. The molecular formula is C55H39NO. The lowest BCUT2D eigenvalue weighted by atomic mass is 9.82. The molecule has 10 aromatic rings. The molecule has 1 heterocycles. The number of hydrogen-bond acceptors (Lipinski definition) is 2. The highest BCUT2D eigenvalue weighted by atomic mass is 16.3. The molecule has 0 saturated carbocycles. The average molecular weight is 730 g/mol. The molecule has 270 valence electrons. The summed E-state index contributed by atoms with van der Waals surface area (Å²) in [5.74, 6) is 0. The van der Waals surface area contributed by atoms with Gasteiger partial charge in [-0.2, -0.15) is 0 Å². The van der Waals surface area contributed by atoms with Gasteiger partial charge in [-0.25, -0.2) is 0 Å². The van der Waals surface area contributed by atoms with Crippen molar-refractivity contribution in [3.8, 4) is 44.5 Å². The van der Waals surface area contributed by atoms with Gasteiger partial charge in [-0.1, -0.05) is 166 Å². The molecule has 0 amide bonds. The lowest BCUT2D eigenvalue weighted by Gasteiger charge is -2.28. The van der Waals surface area contributed by atoms with E-state index in [-0.39, 0.29) is 5.41 Å². The number of nitrogens with zero attached hydrogens (tertiary/aromatic N) is 1. The van der Waals surface area contributed by atoms with E-state index in [1.807, 2.05) is 0 Å².